The molecule has 23 heavy (non-hydrogen) atoms. The predicted molar refractivity (Wildman–Crippen MR) is 85.8 cm³/mol. The summed E-state index contributed by atoms with van der Waals surface area (Å²) in [4.78, 5) is 11.7. The molecule has 122 valence electrons. The standard InChI is InChI=1S/C16H21N5O2/c1-11-18-20-15(21-19-11)12-5-7-13(8-6-12)23-10-9-14(22)17-16(2,3)4/h5-8H,9-10H2,1-4H3,(H,17,22). The molecule has 1 N–H and O–H groups in total. The highest BCUT2D eigenvalue weighted by atomic mass is 16.5. The fourth-order valence-corrected chi connectivity index (χ4v) is 1.84. The summed E-state index contributed by atoms with van der Waals surface area (Å²) in [6.45, 7) is 7.89. The van der Waals surface area contributed by atoms with Crippen molar-refractivity contribution in [2.75, 3.05) is 6.61 Å². The van der Waals surface area contributed by atoms with E-state index in [1.54, 1.807) is 19.1 Å². The van der Waals surface area contributed by atoms with Crippen LogP contribution in [0.5, 0.6) is 5.75 Å². The van der Waals surface area contributed by atoms with Gasteiger partial charge in [-0.25, -0.2) is 0 Å². The van der Waals surface area contributed by atoms with Crippen LogP contribution in [-0.4, -0.2) is 38.4 Å². The summed E-state index contributed by atoms with van der Waals surface area (Å²) in [6.07, 6.45) is 0.313. The van der Waals surface area contributed by atoms with Crippen LogP contribution >= 0.6 is 0 Å². The number of aromatic nitrogens is 4. The molecule has 7 heteroatoms. The monoisotopic (exact) mass is 315 g/mol. The van der Waals surface area contributed by atoms with Crippen LogP contribution in [0.4, 0.5) is 0 Å². The highest BCUT2D eigenvalue weighted by Gasteiger charge is 2.13. The molecule has 1 aromatic heterocycles. The van der Waals surface area contributed by atoms with Gasteiger partial charge in [-0.2, -0.15) is 0 Å². The molecule has 0 bridgehead atoms. The van der Waals surface area contributed by atoms with Gasteiger partial charge in [0.2, 0.25) is 11.7 Å². The first-order valence-electron chi connectivity index (χ1n) is 7.42. The van der Waals surface area contributed by atoms with E-state index in [-0.39, 0.29) is 11.4 Å². The number of carbonyl (C=O) groups excluding carboxylic acids is 1. The number of carbonyl (C=O) groups is 1. The van der Waals surface area contributed by atoms with Crippen molar-refractivity contribution >= 4 is 5.91 Å². The van der Waals surface area contributed by atoms with Crippen LogP contribution in [0, 0.1) is 6.92 Å². The fraction of sp³-hybridized carbons (Fsp3) is 0.438. The SMILES string of the molecule is Cc1nnc(-c2ccc(OCCC(=O)NC(C)(C)C)cc2)nn1. The normalized spacial score (nSPS) is 11.1. The first kappa shape index (κ1) is 16.8. The summed E-state index contributed by atoms with van der Waals surface area (Å²) < 4.78 is 5.57. The summed E-state index contributed by atoms with van der Waals surface area (Å²) in [6, 6.07) is 7.28. The topological polar surface area (TPSA) is 89.9 Å². The summed E-state index contributed by atoms with van der Waals surface area (Å²) in [7, 11) is 0. The van der Waals surface area contributed by atoms with E-state index >= 15 is 0 Å². The Kier molecular flexibility index (Phi) is 5.20. The Labute approximate surface area is 135 Å². The van der Waals surface area contributed by atoms with Crippen molar-refractivity contribution in [2.45, 2.75) is 39.7 Å². The zero-order valence-corrected chi connectivity index (χ0v) is 13.8. The smallest absolute Gasteiger partial charge is 0.223 e. The third kappa shape index (κ3) is 5.61. The third-order valence-corrected chi connectivity index (χ3v) is 2.80. The van der Waals surface area contributed by atoms with E-state index in [0.29, 0.717) is 30.4 Å². The van der Waals surface area contributed by atoms with Gasteiger partial charge < -0.3 is 10.1 Å². The van der Waals surface area contributed by atoms with E-state index in [1.807, 2.05) is 32.9 Å². The lowest BCUT2D eigenvalue weighted by molar-refractivity contribution is -0.122. The molecule has 0 aliphatic carbocycles. The molecule has 1 amide bonds. The van der Waals surface area contributed by atoms with Crippen LogP contribution in [0.3, 0.4) is 0 Å². The van der Waals surface area contributed by atoms with Gasteiger partial charge in [-0.15, -0.1) is 20.4 Å². The molecule has 0 saturated heterocycles. The predicted octanol–water partition coefficient (Wildman–Crippen LogP) is 1.93. The Morgan fingerprint density at radius 1 is 1.09 bits per heavy atom. The molecule has 0 fully saturated rings. The van der Waals surface area contributed by atoms with Gasteiger partial charge in [0.15, 0.2) is 5.82 Å². The largest absolute Gasteiger partial charge is 0.493 e. The van der Waals surface area contributed by atoms with Crippen molar-refractivity contribution in [1.29, 1.82) is 0 Å². The Morgan fingerprint density at radius 3 is 2.26 bits per heavy atom. The highest BCUT2D eigenvalue weighted by Crippen LogP contribution is 2.18. The number of hydrogen-bond donors (Lipinski definition) is 1. The van der Waals surface area contributed by atoms with E-state index < -0.39 is 0 Å². The molecular weight excluding hydrogens is 294 g/mol. The second-order valence-electron chi connectivity index (χ2n) is 6.19. The molecule has 2 aromatic rings. The second-order valence-corrected chi connectivity index (χ2v) is 6.19. The van der Waals surface area contributed by atoms with E-state index in [9.17, 15) is 4.79 Å². The van der Waals surface area contributed by atoms with Crippen LogP contribution < -0.4 is 10.1 Å². The molecule has 1 heterocycles. The van der Waals surface area contributed by atoms with Crippen molar-refractivity contribution in [3.8, 4) is 17.1 Å². The number of nitrogens with one attached hydrogen (secondary N) is 1. The van der Waals surface area contributed by atoms with Crippen molar-refractivity contribution in [3.05, 3.63) is 30.1 Å². The summed E-state index contributed by atoms with van der Waals surface area (Å²) in [5.41, 5.74) is 0.581. The van der Waals surface area contributed by atoms with Crippen molar-refractivity contribution < 1.29 is 9.53 Å². The number of rotatable bonds is 5. The minimum Gasteiger partial charge on any atom is -0.493 e. The van der Waals surface area contributed by atoms with Gasteiger partial charge in [0.05, 0.1) is 13.0 Å². The Hall–Kier alpha value is -2.57. The van der Waals surface area contributed by atoms with E-state index in [0.717, 1.165) is 5.56 Å². The molecule has 0 radical (unpaired) electrons. The van der Waals surface area contributed by atoms with Gasteiger partial charge in [0.1, 0.15) is 5.75 Å². The maximum absolute atomic E-state index is 11.7. The summed E-state index contributed by atoms with van der Waals surface area (Å²) in [5.74, 6) is 1.65. The van der Waals surface area contributed by atoms with Crippen molar-refractivity contribution in [1.82, 2.24) is 25.7 Å². The van der Waals surface area contributed by atoms with Crippen molar-refractivity contribution in [3.63, 3.8) is 0 Å². The van der Waals surface area contributed by atoms with Gasteiger partial charge in [0.25, 0.3) is 0 Å². The fourth-order valence-electron chi connectivity index (χ4n) is 1.84. The number of benzene rings is 1. The van der Waals surface area contributed by atoms with E-state index in [2.05, 4.69) is 25.7 Å². The summed E-state index contributed by atoms with van der Waals surface area (Å²) in [5, 5.41) is 18.6. The maximum atomic E-state index is 11.7. The highest BCUT2D eigenvalue weighted by molar-refractivity contribution is 5.76. The minimum atomic E-state index is -0.227. The first-order valence-corrected chi connectivity index (χ1v) is 7.42. The average molecular weight is 315 g/mol. The zero-order valence-electron chi connectivity index (χ0n) is 13.8. The van der Waals surface area contributed by atoms with Crippen LogP contribution in [0.25, 0.3) is 11.4 Å². The van der Waals surface area contributed by atoms with Gasteiger partial charge >= 0.3 is 0 Å². The Bertz CT molecular complexity index is 648. The molecule has 2 rings (SSSR count). The van der Waals surface area contributed by atoms with Gasteiger partial charge in [-0.3, -0.25) is 4.79 Å². The lowest BCUT2D eigenvalue weighted by atomic mass is 10.1. The molecule has 0 atom stereocenters. The number of nitrogens with zero attached hydrogens (tertiary/aromatic N) is 4. The van der Waals surface area contributed by atoms with Gasteiger partial charge in [-0.05, 0) is 52.0 Å². The van der Waals surface area contributed by atoms with Crippen LogP contribution in [0.15, 0.2) is 24.3 Å². The maximum Gasteiger partial charge on any atom is 0.223 e. The lowest BCUT2D eigenvalue weighted by Crippen LogP contribution is -2.41. The molecule has 7 nitrogen and oxygen atoms in total. The van der Waals surface area contributed by atoms with Gasteiger partial charge in [-0.1, -0.05) is 0 Å². The zero-order chi connectivity index (χ0) is 16.9. The van der Waals surface area contributed by atoms with Crippen LogP contribution in [-0.2, 0) is 4.79 Å². The first-order chi connectivity index (χ1) is 10.8. The van der Waals surface area contributed by atoms with E-state index in [1.165, 1.54) is 0 Å². The summed E-state index contributed by atoms with van der Waals surface area (Å²) >= 11 is 0. The molecule has 0 spiro atoms. The quantitative estimate of drug-likeness (QED) is 0.906. The van der Waals surface area contributed by atoms with Crippen LogP contribution in [0.1, 0.15) is 33.0 Å². The molecular formula is C16H21N5O2. The second kappa shape index (κ2) is 7.13. The average Bonchev–Trinajstić information content (AvgIpc) is 2.47. The van der Waals surface area contributed by atoms with Gasteiger partial charge in [0, 0.05) is 11.1 Å². The molecule has 0 aliphatic rings. The number of aryl methyl sites for hydroxylation is 1. The molecule has 0 aliphatic heterocycles. The minimum absolute atomic E-state index is 0.0284. The Morgan fingerprint density at radius 2 is 1.70 bits per heavy atom. The third-order valence-electron chi connectivity index (χ3n) is 2.80. The number of amides is 1. The molecule has 0 saturated carbocycles. The van der Waals surface area contributed by atoms with Crippen molar-refractivity contribution in [2.24, 2.45) is 0 Å². The lowest BCUT2D eigenvalue weighted by Gasteiger charge is -2.20. The number of hydrogen-bond acceptors (Lipinski definition) is 6. The Balaban J connectivity index is 1.86. The number of ether oxygens (including phenoxy) is 1. The molecule has 0 unspecified atom stereocenters. The molecule has 1 aromatic carbocycles. The van der Waals surface area contributed by atoms with E-state index in [4.69, 9.17) is 4.74 Å². The van der Waals surface area contributed by atoms with Crippen LogP contribution in [0.2, 0.25) is 0 Å².